The monoisotopic (exact) mass is 353 g/mol. The van der Waals surface area contributed by atoms with E-state index < -0.39 is 11.6 Å². The maximum Gasteiger partial charge on any atom is 0.243 e. The van der Waals surface area contributed by atoms with E-state index in [1.165, 1.54) is 6.42 Å². The number of amides is 2. The minimum Gasteiger partial charge on any atom is -0.379 e. The Morgan fingerprint density at radius 2 is 1.84 bits per heavy atom. The van der Waals surface area contributed by atoms with Crippen molar-refractivity contribution in [2.75, 3.05) is 32.8 Å². The minimum absolute atomic E-state index is 0.0230. The predicted molar refractivity (Wildman–Crippen MR) is 94.1 cm³/mol. The molecule has 7 heteroatoms. The summed E-state index contributed by atoms with van der Waals surface area (Å²) in [6.45, 7) is 6.37. The maximum absolute atomic E-state index is 13.0. The molecular weight excluding hydrogens is 322 g/mol. The van der Waals surface area contributed by atoms with Crippen LogP contribution in [0.3, 0.4) is 0 Å². The highest BCUT2D eigenvalue weighted by atomic mass is 16.5. The lowest BCUT2D eigenvalue weighted by molar-refractivity contribution is -0.139. The van der Waals surface area contributed by atoms with Crippen LogP contribution in [-0.4, -0.2) is 67.4 Å². The van der Waals surface area contributed by atoms with Crippen LogP contribution < -0.4 is 10.6 Å². The zero-order chi connectivity index (χ0) is 18.3. The molecule has 7 nitrogen and oxygen atoms in total. The van der Waals surface area contributed by atoms with Crippen LogP contribution in [0.25, 0.3) is 0 Å². The van der Waals surface area contributed by atoms with E-state index in [1.807, 2.05) is 13.8 Å². The molecule has 2 amide bonds. The van der Waals surface area contributed by atoms with Gasteiger partial charge in [0.2, 0.25) is 11.8 Å². The summed E-state index contributed by atoms with van der Waals surface area (Å²) in [6.07, 6.45) is 5.84. The van der Waals surface area contributed by atoms with Crippen LogP contribution >= 0.6 is 0 Å². The summed E-state index contributed by atoms with van der Waals surface area (Å²) in [6, 6.07) is -0.576. The minimum atomic E-state index is -0.707. The number of carbonyl (C=O) groups excluding carboxylic acids is 3. The molecule has 2 N–H and O–H groups in total. The fourth-order valence-corrected chi connectivity index (χ4v) is 3.70. The van der Waals surface area contributed by atoms with Crippen LogP contribution in [0.15, 0.2) is 0 Å². The number of carbonyl (C=O) groups is 3. The Morgan fingerprint density at radius 1 is 1.20 bits per heavy atom. The van der Waals surface area contributed by atoms with Gasteiger partial charge >= 0.3 is 0 Å². The first-order valence-electron chi connectivity index (χ1n) is 9.32. The second-order valence-corrected chi connectivity index (χ2v) is 7.42. The van der Waals surface area contributed by atoms with E-state index in [4.69, 9.17) is 4.74 Å². The first-order chi connectivity index (χ1) is 12.0. The Morgan fingerprint density at radius 3 is 2.44 bits per heavy atom. The average Bonchev–Trinajstić information content (AvgIpc) is 2.65. The van der Waals surface area contributed by atoms with Crippen molar-refractivity contribution in [3.8, 4) is 0 Å². The van der Waals surface area contributed by atoms with E-state index in [2.05, 4.69) is 15.5 Å². The van der Waals surface area contributed by atoms with Gasteiger partial charge in [0, 0.05) is 13.1 Å². The molecule has 2 fully saturated rings. The molecule has 0 aromatic rings. The first kappa shape index (κ1) is 19.8. The second kappa shape index (κ2) is 9.29. The van der Waals surface area contributed by atoms with Crippen molar-refractivity contribution in [2.45, 2.75) is 57.5 Å². The van der Waals surface area contributed by atoms with Crippen LogP contribution in [-0.2, 0) is 19.1 Å². The highest BCUT2D eigenvalue weighted by molar-refractivity contribution is 5.92. The van der Waals surface area contributed by atoms with Crippen LogP contribution in [0, 0.1) is 5.92 Å². The van der Waals surface area contributed by atoms with Gasteiger partial charge in [-0.25, -0.2) is 0 Å². The van der Waals surface area contributed by atoms with E-state index in [-0.39, 0.29) is 24.3 Å². The van der Waals surface area contributed by atoms with Gasteiger partial charge in [0.05, 0.1) is 25.3 Å². The van der Waals surface area contributed by atoms with Crippen molar-refractivity contribution in [1.82, 2.24) is 15.5 Å². The lowest BCUT2D eigenvalue weighted by Gasteiger charge is -2.41. The van der Waals surface area contributed by atoms with E-state index in [9.17, 15) is 14.4 Å². The molecule has 1 heterocycles. The number of hydrogen-bond donors (Lipinski definition) is 2. The number of nitrogens with zero attached hydrogens (tertiary/aromatic N) is 1. The first-order valence-corrected chi connectivity index (χ1v) is 9.32. The van der Waals surface area contributed by atoms with E-state index in [0.717, 1.165) is 25.7 Å². The van der Waals surface area contributed by atoms with Gasteiger partial charge in [0.1, 0.15) is 12.3 Å². The summed E-state index contributed by atoms with van der Waals surface area (Å²) in [5.41, 5.74) is -0.707. The van der Waals surface area contributed by atoms with E-state index >= 15 is 0 Å². The zero-order valence-electron chi connectivity index (χ0n) is 15.4. The summed E-state index contributed by atoms with van der Waals surface area (Å²) >= 11 is 0. The number of rotatable bonds is 7. The number of aldehydes is 1. The summed E-state index contributed by atoms with van der Waals surface area (Å²) in [4.78, 5) is 38.1. The lowest BCUT2D eigenvalue weighted by Crippen LogP contribution is -2.62. The van der Waals surface area contributed by atoms with Gasteiger partial charge in [0.15, 0.2) is 0 Å². The topological polar surface area (TPSA) is 87.7 Å². The molecule has 1 saturated heterocycles. The van der Waals surface area contributed by atoms with E-state index in [1.54, 1.807) is 0 Å². The molecule has 0 radical (unpaired) electrons. The molecule has 2 rings (SSSR count). The van der Waals surface area contributed by atoms with Crippen molar-refractivity contribution in [1.29, 1.82) is 0 Å². The van der Waals surface area contributed by atoms with Gasteiger partial charge < -0.3 is 20.2 Å². The second-order valence-electron chi connectivity index (χ2n) is 7.42. The van der Waals surface area contributed by atoms with Crippen molar-refractivity contribution in [3.05, 3.63) is 0 Å². The average molecular weight is 353 g/mol. The van der Waals surface area contributed by atoms with Gasteiger partial charge in [-0.2, -0.15) is 0 Å². The Bertz CT molecular complexity index is 469. The molecule has 0 bridgehead atoms. The van der Waals surface area contributed by atoms with Crippen LogP contribution in [0.2, 0.25) is 0 Å². The number of ether oxygens (including phenoxy) is 1. The zero-order valence-corrected chi connectivity index (χ0v) is 15.4. The molecule has 0 aromatic carbocycles. The van der Waals surface area contributed by atoms with Gasteiger partial charge in [-0.15, -0.1) is 0 Å². The third kappa shape index (κ3) is 5.25. The van der Waals surface area contributed by atoms with Gasteiger partial charge in [0.25, 0.3) is 0 Å². The molecule has 1 aliphatic carbocycles. The van der Waals surface area contributed by atoms with Crippen LogP contribution in [0.4, 0.5) is 0 Å². The maximum atomic E-state index is 13.0. The Balaban J connectivity index is 2.06. The third-order valence-corrected chi connectivity index (χ3v) is 5.41. The molecule has 0 aromatic heterocycles. The molecule has 2 aliphatic rings. The van der Waals surface area contributed by atoms with Crippen molar-refractivity contribution < 1.29 is 19.1 Å². The highest BCUT2D eigenvalue weighted by Gasteiger charge is 2.39. The standard InChI is InChI=1S/C18H31N3O4/c1-18(2,21-9-12-25-13-10-21)17(24)20-15(16(23)19-8-11-22)14-6-4-3-5-7-14/h11,14-15H,3-10,12-13H2,1-2H3,(H,19,23)(H,20,24). The smallest absolute Gasteiger partial charge is 0.243 e. The lowest BCUT2D eigenvalue weighted by atomic mass is 9.83. The largest absolute Gasteiger partial charge is 0.379 e. The molecule has 142 valence electrons. The molecule has 1 saturated carbocycles. The normalized spacial score (nSPS) is 21.4. The predicted octanol–water partition coefficient (Wildman–Crippen LogP) is 0.477. The number of morpholine rings is 1. The van der Waals surface area contributed by atoms with Crippen molar-refractivity contribution in [3.63, 3.8) is 0 Å². The number of hydrogen-bond acceptors (Lipinski definition) is 5. The Hall–Kier alpha value is -1.47. The SMILES string of the molecule is CC(C)(C(=O)NC(C(=O)NCC=O)C1CCCCC1)N1CCOCC1. The van der Waals surface area contributed by atoms with Crippen LogP contribution in [0.1, 0.15) is 46.0 Å². The van der Waals surface area contributed by atoms with Gasteiger partial charge in [-0.05, 0) is 32.6 Å². The summed E-state index contributed by atoms with van der Waals surface area (Å²) in [5.74, 6) is -0.277. The van der Waals surface area contributed by atoms with Gasteiger partial charge in [-0.1, -0.05) is 19.3 Å². The Kier molecular flexibility index (Phi) is 7.38. The fraction of sp³-hybridized carbons (Fsp3) is 0.833. The fourth-order valence-electron chi connectivity index (χ4n) is 3.70. The van der Waals surface area contributed by atoms with E-state index in [0.29, 0.717) is 32.6 Å². The third-order valence-electron chi connectivity index (χ3n) is 5.41. The highest BCUT2D eigenvalue weighted by Crippen LogP contribution is 2.27. The quantitative estimate of drug-likeness (QED) is 0.650. The molecule has 1 unspecified atom stereocenters. The molecular formula is C18H31N3O4. The summed E-state index contributed by atoms with van der Waals surface area (Å²) in [5, 5.41) is 5.59. The molecule has 0 spiro atoms. The summed E-state index contributed by atoms with van der Waals surface area (Å²) in [7, 11) is 0. The molecule has 1 aliphatic heterocycles. The van der Waals surface area contributed by atoms with Gasteiger partial charge in [-0.3, -0.25) is 14.5 Å². The summed E-state index contributed by atoms with van der Waals surface area (Å²) < 4.78 is 5.36. The number of nitrogens with one attached hydrogen (secondary N) is 2. The van der Waals surface area contributed by atoms with Crippen molar-refractivity contribution >= 4 is 18.1 Å². The molecule has 25 heavy (non-hydrogen) atoms. The van der Waals surface area contributed by atoms with Crippen molar-refractivity contribution in [2.24, 2.45) is 5.92 Å². The Labute approximate surface area is 149 Å². The van der Waals surface area contributed by atoms with Crippen LogP contribution in [0.5, 0.6) is 0 Å². The molecule has 1 atom stereocenters.